The molecular weight excluding hydrogens is 1820 g/mol. The number of carbonyl (C=O) groups is 10. The van der Waals surface area contributed by atoms with Crippen molar-refractivity contribution in [2.24, 2.45) is 0 Å². The van der Waals surface area contributed by atoms with Crippen molar-refractivity contribution in [2.45, 2.75) is 61.4 Å². The van der Waals surface area contributed by atoms with Crippen LogP contribution in [0.25, 0.3) is 33.4 Å². The normalized spacial score (nSPS) is 19.5. The van der Waals surface area contributed by atoms with E-state index in [1.807, 2.05) is 0 Å². The smallest absolute Gasteiger partial charge is 0.342 e. The number of phenols is 29. The SMILES string of the molecule is O=C(OC[C@H]1O[C@@H](OC(=O)c2cc(O)c(O)c(O)c2)[C@@H]2OC(=O)c3cc(O)c(O)c(O)c3-c3c(cc(O)c(O)c3O)C(=O)O[C@H]2[C@@H]1OC(=O)c1cc(O)c(O)c(O)c1Oc1cc2c(c(O)c1O)-c1c(cc(O)c(O)c1O)C(=O)O[C@H]1[C@@H]3OC(=O)c4cc(O)c(O)c(O)c4-c4c(cc(O)c(O)c4O)C(=O)O[C@H]3[C@H](OC(=O)c3cc(O)c(O)c(O)c3)O[C@@H]1COC2=O)c1cc(O)c(O)c(O)c1. The number of hydrogen-bond acceptors (Lipinski definition) is 52. The predicted octanol–water partition coefficient (Wildman–Crippen LogP) is 3.71. The van der Waals surface area contributed by atoms with Crippen LogP contribution in [0.4, 0.5) is 0 Å². The van der Waals surface area contributed by atoms with E-state index in [-0.39, 0.29) is 36.4 Å². The monoisotopic (exact) mass is 1870 g/mol. The van der Waals surface area contributed by atoms with Crippen molar-refractivity contribution in [3.63, 3.8) is 0 Å². The third-order valence-corrected chi connectivity index (χ3v) is 21.0. The van der Waals surface area contributed by atoms with Gasteiger partial charge in [-0.05, 0) is 66.7 Å². The lowest BCUT2D eigenvalue weighted by molar-refractivity contribution is -0.283. The van der Waals surface area contributed by atoms with E-state index in [0.29, 0.717) is 42.5 Å². The number of carbonyl (C=O) groups excluding carboxylic acids is 10. The maximum Gasteiger partial charge on any atom is 0.342 e. The Labute approximate surface area is 735 Å². The van der Waals surface area contributed by atoms with Crippen LogP contribution in [0, 0.1) is 0 Å². The Hall–Kier alpha value is -19.2. The standard InChI is InChI=1S/C82H56O52/c83-26-1-16(2-27(84)47(26)95)71(112)122-14-39-66(68-70(81(125-39)133-72(113)17-3-28(85)48(96)29(86)4-17)132-79(120)23-11-36(93)53(101)60(108)44(23)42-21(77(118)130-68)9-34(91)51(99)58(42)106)128-80(121)25-12-37(94)55(103)63(111)64(25)124-38-13-24-46(62(110)56(38)104)45-19(7-32(89)54(102)61(45)109)75(116)127-65-40(15-123-74(24)115)126-82(134-73(114)18-5-30(87)49(97)31(88)6-18)69-67(65)129-76(117)20-8-33(90)50(98)57(105)41(20)43-22(78(119)131-69)10-35(92)52(100)59(43)107/h1-13,39-40,65-70,81-111H,14-15H2/t39-,40-,65-,66-,67+,68+,69-,70-,81+,82+/m1/s1. The minimum absolute atomic E-state index is 0.0765. The van der Waals surface area contributed by atoms with Crippen molar-refractivity contribution in [3.8, 4) is 212 Å². The average molecular weight is 1870 g/mol. The molecule has 29 N–H and O–H groups in total. The summed E-state index contributed by atoms with van der Waals surface area (Å²) in [5.74, 6) is -67.4. The van der Waals surface area contributed by atoms with Gasteiger partial charge in [0.2, 0.25) is 70.8 Å². The fraction of sp³-hybridized carbons (Fsp3) is 0.146. The van der Waals surface area contributed by atoms with Gasteiger partial charge in [-0.1, -0.05) is 0 Å². The second-order valence-corrected chi connectivity index (χ2v) is 29.0. The van der Waals surface area contributed by atoms with Crippen LogP contribution < -0.4 is 4.74 Å². The van der Waals surface area contributed by atoms with Gasteiger partial charge in [0.05, 0.1) is 50.1 Å². The van der Waals surface area contributed by atoms with Crippen molar-refractivity contribution in [1.29, 1.82) is 0 Å². The van der Waals surface area contributed by atoms with Crippen LogP contribution >= 0.6 is 0 Å². The van der Waals surface area contributed by atoms with Crippen molar-refractivity contribution < 1.29 is 258 Å². The molecule has 10 aromatic carbocycles. The molecule has 5 aliphatic heterocycles. The van der Waals surface area contributed by atoms with Gasteiger partial charge < -0.3 is 210 Å². The number of benzene rings is 10. The first kappa shape index (κ1) is 89.6. The maximum atomic E-state index is 15.6. The van der Waals surface area contributed by atoms with E-state index in [0.717, 1.165) is 0 Å². The molecule has 0 unspecified atom stereocenters. The van der Waals surface area contributed by atoms with E-state index in [2.05, 4.69) is 0 Å². The highest BCUT2D eigenvalue weighted by Crippen LogP contribution is 2.60. The van der Waals surface area contributed by atoms with Crippen LogP contribution in [0.2, 0.25) is 0 Å². The molecule has 0 amide bonds. The van der Waals surface area contributed by atoms with Gasteiger partial charge in [-0.3, -0.25) is 0 Å². The van der Waals surface area contributed by atoms with Crippen LogP contribution in [-0.4, -0.2) is 282 Å². The number of phenolic OH excluding ortho intramolecular Hbond substituents is 29. The fourth-order valence-corrected chi connectivity index (χ4v) is 14.5. The summed E-state index contributed by atoms with van der Waals surface area (Å²) in [6.45, 7) is -3.30. The first-order chi connectivity index (χ1) is 63.1. The van der Waals surface area contributed by atoms with Crippen LogP contribution in [0.5, 0.6) is 178 Å². The summed E-state index contributed by atoms with van der Waals surface area (Å²) in [7, 11) is 0. The predicted molar refractivity (Wildman–Crippen MR) is 414 cm³/mol. The lowest BCUT2D eigenvalue weighted by Gasteiger charge is -2.44. The number of fused-ring (bicyclic) bond motifs is 13. The second kappa shape index (κ2) is 32.9. The van der Waals surface area contributed by atoms with E-state index in [1.54, 1.807) is 0 Å². The van der Waals surface area contributed by atoms with Gasteiger partial charge >= 0.3 is 59.7 Å². The van der Waals surface area contributed by atoms with Gasteiger partial charge in [0.25, 0.3) is 0 Å². The first-order valence-electron chi connectivity index (χ1n) is 37.1. The van der Waals surface area contributed by atoms with Crippen molar-refractivity contribution in [3.05, 3.63) is 134 Å². The Bertz CT molecular complexity index is 6800. The van der Waals surface area contributed by atoms with E-state index >= 15 is 28.8 Å². The van der Waals surface area contributed by atoms with Crippen LogP contribution in [0.15, 0.2) is 78.9 Å². The van der Waals surface area contributed by atoms with E-state index in [9.17, 15) is 167 Å². The van der Waals surface area contributed by atoms with Gasteiger partial charge in [-0.25, -0.2) is 47.9 Å². The number of hydrogen-bond donors (Lipinski definition) is 29. The topological polar surface area (TPSA) is 877 Å². The molecule has 696 valence electrons. The molecule has 2 saturated heterocycles. The summed E-state index contributed by atoms with van der Waals surface area (Å²) in [5, 5.41) is 319. The second-order valence-electron chi connectivity index (χ2n) is 29.0. The number of ether oxygens (including phenoxy) is 13. The van der Waals surface area contributed by atoms with Gasteiger partial charge in [0.15, 0.2) is 157 Å². The summed E-state index contributed by atoms with van der Waals surface area (Å²) < 4.78 is 74.5. The molecule has 0 radical (unpaired) electrons. The number of esters is 10. The zero-order valence-electron chi connectivity index (χ0n) is 65.6. The molecule has 0 aromatic heterocycles. The number of rotatable bonds is 11. The summed E-state index contributed by atoms with van der Waals surface area (Å²) in [5.41, 5.74) is -20.8. The Morgan fingerprint density at radius 3 is 0.940 bits per heavy atom. The summed E-state index contributed by atoms with van der Waals surface area (Å²) in [6, 6.07) is 4.08. The molecule has 0 saturated carbocycles. The lowest BCUT2D eigenvalue weighted by atomic mass is 9.91. The summed E-state index contributed by atoms with van der Waals surface area (Å²) in [4.78, 5) is 149. The first-order valence-corrected chi connectivity index (χ1v) is 37.1. The molecule has 5 heterocycles. The Balaban J connectivity index is 0.865. The third-order valence-electron chi connectivity index (χ3n) is 21.0. The molecule has 15 rings (SSSR count). The van der Waals surface area contributed by atoms with E-state index < -0.39 is 402 Å². The van der Waals surface area contributed by atoms with Gasteiger partial charge in [0, 0.05) is 45.5 Å². The molecule has 0 spiro atoms. The molecular formula is C82H56O52. The van der Waals surface area contributed by atoms with Crippen molar-refractivity contribution >= 4 is 59.7 Å². The van der Waals surface area contributed by atoms with Gasteiger partial charge in [-0.2, -0.15) is 0 Å². The van der Waals surface area contributed by atoms with E-state index in [1.165, 1.54) is 0 Å². The molecule has 52 heteroatoms. The lowest BCUT2D eigenvalue weighted by Crippen LogP contribution is -2.63. The van der Waals surface area contributed by atoms with E-state index in [4.69, 9.17) is 61.6 Å². The largest absolute Gasteiger partial charge is 0.504 e. The fourth-order valence-electron chi connectivity index (χ4n) is 14.5. The Morgan fingerprint density at radius 2 is 0.567 bits per heavy atom. The van der Waals surface area contributed by atoms with Crippen LogP contribution in [-0.2, 0) is 56.8 Å². The van der Waals surface area contributed by atoms with Crippen molar-refractivity contribution in [2.75, 3.05) is 13.2 Å². The molecule has 52 nitrogen and oxygen atoms in total. The average Bonchev–Trinajstić information content (AvgIpc) is 0.942. The highest BCUT2D eigenvalue weighted by Gasteiger charge is 2.59. The molecule has 0 aliphatic carbocycles. The number of cyclic esters (lactones) is 1. The van der Waals surface area contributed by atoms with Crippen molar-refractivity contribution in [1.82, 2.24) is 0 Å². The van der Waals surface area contributed by atoms with Gasteiger partial charge in [-0.15, -0.1) is 0 Å². The minimum Gasteiger partial charge on any atom is -0.504 e. The minimum atomic E-state index is -3.01. The summed E-state index contributed by atoms with van der Waals surface area (Å²) in [6.07, 6.45) is -28.4. The molecule has 5 aliphatic rings. The molecule has 10 atom stereocenters. The highest BCUT2D eigenvalue weighted by atomic mass is 16.8. The van der Waals surface area contributed by atoms with Crippen LogP contribution in [0.3, 0.4) is 0 Å². The van der Waals surface area contributed by atoms with Gasteiger partial charge in [0.1, 0.15) is 31.0 Å². The molecule has 10 aromatic rings. The Kier molecular flexibility index (Phi) is 22.0. The van der Waals surface area contributed by atoms with Crippen LogP contribution in [0.1, 0.15) is 104 Å². The Morgan fingerprint density at radius 1 is 0.276 bits per heavy atom. The third kappa shape index (κ3) is 15.0. The zero-order chi connectivity index (χ0) is 97.5. The molecule has 134 heavy (non-hydrogen) atoms. The molecule has 2 fully saturated rings. The summed E-state index contributed by atoms with van der Waals surface area (Å²) >= 11 is 0. The zero-order valence-corrected chi connectivity index (χ0v) is 65.6. The molecule has 0 bridgehead atoms. The maximum absolute atomic E-state index is 15.6. The number of aromatic hydroxyl groups is 29. The highest BCUT2D eigenvalue weighted by molar-refractivity contribution is 6.12. The quantitative estimate of drug-likeness (QED) is 0.0498.